The Labute approximate surface area is 193 Å². The Kier molecular flexibility index (Phi) is 7.27. The lowest BCUT2D eigenvalue weighted by atomic mass is 10.0. The molecule has 2 heterocycles. The van der Waals surface area contributed by atoms with Gasteiger partial charge in [0.05, 0.1) is 10.7 Å². The predicted octanol–water partition coefficient (Wildman–Crippen LogP) is 5.42. The molecular formula is C24H30ClFN6. The summed E-state index contributed by atoms with van der Waals surface area (Å²) in [5.74, 6) is 1.37. The summed E-state index contributed by atoms with van der Waals surface area (Å²) in [4.78, 5) is 12.0. The summed E-state index contributed by atoms with van der Waals surface area (Å²) in [5.41, 5.74) is 2.63. The summed E-state index contributed by atoms with van der Waals surface area (Å²) in [7, 11) is 0. The minimum absolute atomic E-state index is 0.0596. The molecule has 0 atom stereocenters. The zero-order chi connectivity index (χ0) is 22.5. The van der Waals surface area contributed by atoms with Crippen LogP contribution in [0.4, 0.5) is 27.5 Å². The summed E-state index contributed by atoms with van der Waals surface area (Å²) in [6.45, 7) is 9.01. The smallest absolute Gasteiger partial charge is 0.229 e. The largest absolute Gasteiger partial charge is 0.369 e. The van der Waals surface area contributed by atoms with Crippen molar-refractivity contribution in [3.63, 3.8) is 0 Å². The summed E-state index contributed by atoms with van der Waals surface area (Å²) in [5, 5.41) is 11.2. The van der Waals surface area contributed by atoms with Gasteiger partial charge in [0, 0.05) is 43.8 Å². The maximum atomic E-state index is 13.6. The van der Waals surface area contributed by atoms with Gasteiger partial charge in [-0.15, -0.1) is 0 Å². The molecule has 3 N–H and O–H groups in total. The van der Waals surface area contributed by atoms with Gasteiger partial charge in [-0.05, 0) is 36.2 Å². The second kappa shape index (κ2) is 10.3. The van der Waals surface area contributed by atoms with Gasteiger partial charge in [0.2, 0.25) is 5.95 Å². The molecular weight excluding hydrogens is 427 g/mol. The molecule has 4 rings (SSSR count). The lowest BCUT2D eigenvalue weighted by Gasteiger charge is -2.30. The predicted molar refractivity (Wildman–Crippen MR) is 132 cm³/mol. The number of benzene rings is 2. The van der Waals surface area contributed by atoms with E-state index >= 15 is 0 Å². The van der Waals surface area contributed by atoms with Gasteiger partial charge in [-0.25, -0.2) is 9.37 Å². The Bertz CT molecular complexity index is 1070. The highest BCUT2D eigenvalue weighted by Crippen LogP contribution is 2.32. The Balaban J connectivity index is 1.75. The topological polar surface area (TPSA) is 65.1 Å². The average Bonchev–Trinajstić information content (AvgIpc) is 2.82. The minimum atomic E-state index is -0.454. The molecule has 1 aromatic heterocycles. The van der Waals surface area contributed by atoms with Gasteiger partial charge < -0.3 is 20.9 Å². The zero-order valence-electron chi connectivity index (χ0n) is 18.6. The molecule has 0 radical (unpaired) electrons. The van der Waals surface area contributed by atoms with Gasteiger partial charge >= 0.3 is 0 Å². The monoisotopic (exact) mass is 456 g/mol. The van der Waals surface area contributed by atoms with E-state index in [9.17, 15) is 4.39 Å². The van der Waals surface area contributed by atoms with E-state index in [0.717, 1.165) is 68.0 Å². The molecule has 1 saturated heterocycles. The Morgan fingerprint density at radius 3 is 2.62 bits per heavy atom. The van der Waals surface area contributed by atoms with E-state index in [-0.39, 0.29) is 5.02 Å². The standard InChI is InChI=1S/C24H30ClFN6/c1-3-16(4-2)15-28-23-18-6-5-7-21(32-12-10-27-11-13-32)22(18)30-24(31-23)29-17-8-9-20(26)19(25)14-17/h5-9,14,16,27H,3-4,10-13,15H2,1-2H3,(H2,28,29,30,31). The first-order valence-corrected chi connectivity index (χ1v) is 11.7. The van der Waals surface area contributed by atoms with Gasteiger partial charge in [-0.1, -0.05) is 44.4 Å². The molecule has 6 nitrogen and oxygen atoms in total. The van der Waals surface area contributed by atoms with Crippen LogP contribution in [-0.4, -0.2) is 42.7 Å². The molecule has 0 bridgehead atoms. The van der Waals surface area contributed by atoms with Crippen LogP contribution >= 0.6 is 11.6 Å². The number of para-hydroxylation sites is 1. The van der Waals surface area contributed by atoms with Crippen molar-refractivity contribution in [2.75, 3.05) is 48.3 Å². The quantitative estimate of drug-likeness (QED) is 0.420. The van der Waals surface area contributed by atoms with E-state index in [4.69, 9.17) is 21.6 Å². The van der Waals surface area contributed by atoms with Crippen molar-refractivity contribution in [1.29, 1.82) is 0 Å². The SMILES string of the molecule is CCC(CC)CNc1nc(Nc2ccc(F)c(Cl)c2)nc2c(N3CCNCC3)cccc12. The number of piperazine rings is 1. The molecule has 1 aliphatic rings. The van der Waals surface area contributed by atoms with Crippen molar-refractivity contribution in [3.05, 3.63) is 47.2 Å². The number of aromatic nitrogens is 2. The first-order chi connectivity index (χ1) is 15.6. The number of nitrogens with zero attached hydrogens (tertiary/aromatic N) is 3. The van der Waals surface area contributed by atoms with E-state index in [2.05, 4.69) is 52.9 Å². The molecule has 32 heavy (non-hydrogen) atoms. The fraction of sp³-hybridized carbons (Fsp3) is 0.417. The highest BCUT2D eigenvalue weighted by atomic mass is 35.5. The van der Waals surface area contributed by atoms with Crippen molar-refractivity contribution in [1.82, 2.24) is 15.3 Å². The van der Waals surface area contributed by atoms with Gasteiger partial charge in [0.25, 0.3) is 0 Å². The molecule has 8 heteroatoms. The van der Waals surface area contributed by atoms with Crippen molar-refractivity contribution in [2.45, 2.75) is 26.7 Å². The lowest BCUT2D eigenvalue weighted by molar-refractivity contribution is 0.518. The first-order valence-electron chi connectivity index (χ1n) is 11.3. The third-order valence-corrected chi connectivity index (χ3v) is 6.34. The number of hydrogen-bond acceptors (Lipinski definition) is 6. The van der Waals surface area contributed by atoms with Crippen LogP contribution in [0.15, 0.2) is 36.4 Å². The first kappa shape index (κ1) is 22.6. The molecule has 170 valence electrons. The third-order valence-electron chi connectivity index (χ3n) is 6.05. The van der Waals surface area contributed by atoms with E-state index in [1.54, 1.807) is 12.1 Å². The number of fused-ring (bicyclic) bond motifs is 1. The molecule has 1 fully saturated rings. The van der Waals surface area contributed by atoms with Crippen LogP contribution < -0.4 is 20.9 Å². The summed E-state index contributed by atoms with van der Waals surface area (Å²) < 4.78 is 13.6. The van der Waals surface area contributed by atoms with Gasteiger partial charge in [0.15, 0.2) is 0 Å². The second-order valence-electron chi connectivity index (χ2n) is 8.12. The maximum Gasteiger partial charge on any atom is 0.229 e. The number of hydrogen-bond donors (Lipinski definition) is 3. The molecule has 2 aromatic carbocycles. The molecule has 1 aliphatic heterocycles. The van der Waals surface area contributed by atoms with Crippen LogP contribution in [0.25, 0.3) is 10.9 Å². The molecule has 0 amide bonds. The van der Waals surface area contributed by atoms with Gasteiger partial charge in [-0.2, -0.15) is 4.98 Å². The number of nitrogens with one attached hydrogen (secondary N) is 3. The number of anilines is 4. The average molecular weight is 457 g/mol. The van der Waals surface area contributed by atoms with E-state index in [0.29, 0.717) is 17.6 Å². The summed E-state index contributed by atoms with van der Waals surface area (Å²) in [6.07, 6.45) is 2.22. The van der Waals surface area contributed by atoms with E-state index in [1.165, 1.54) is 6.07 Å². The van der Waals surface area contributed by atoms with Crippen LogP contribution in [0.2, 0.25) is 5.02 Å². The Morgan fingerprint density at radius 2 is 1.91 bits per heavy atom. The van der Waals surface area contributed by atoms with E-state index in [1.807, 2.05) is 0 Å². The highest BCUT2D eigenvalue weighted by Gasteiger charge is 2.18. The number of halogens is 2. The fourth-order valence-corrected chi connectivity index (χ4v) is 4.19. The van der Waals surface area contributed by atoms with Crippen molar-refractivity contribution in [3.8, 4) is 0 Å². The Morgan fingerprint density at radius 1 is 1.12 bits per heavy atom. The third kappa shape index (κ3) is 5.05. The summed E-state index contributed by atoms with van der Waals surface area (Å²) in [6, 6.07) is 10.8. The molecule has 0 aliphatic carbocycles. The van der Waals surface area contributed by atoms with Crippen molar-refractivity contribution < 1.29 is 4.39 Å². The van der Waals surface area contributed by atoms with Crippen LogP contribution in [0.5, 0.6) is 0 Å². The normalized spacial score (nSPS) is 14.2. The van der Waals surface area contributed by atoms with Gasteiger partial charge in [0.1, 0.15) is 17.2 Å². The van der Waals surface area contributed by atoms with Crippen molar-refractivity contribution >= 4 is 45.6 Å². The van der Waals surface area contributed by atoms with Crippen LogP contribution in [0, 0.1) is 11.7 Å². The van der Waals surface area contributed by atoms with Crippen LogP contribution in [0.3, 0.4) is 0 Å². The fourth-order valence-electron chi connectivity index (χ4n) is 4.01. The lowest BCUT2D eigenvalue weighted by Crippen LogP contribution is -2.43. The zero-order valence-corrected chi connectivity index (χ0v) is 19.3. The second-order valence-corrected chi connectivity index (χ2v) is 8.53. The summed E-state index contributed by atoms with van der Waals surface area (Å²) >= 11 is 5.97. The molecule has 0 saturated carbocycles. The maximum absolute atomic E-state index is 13.6. The minimum Gasteiger partial charge on any atom is -0.369 e. The van der Waals surface area contributed by atoms with Crippen LogP contribution in [0.1, 0.15) is 26.7 Å². The molecule has 0 unspecified atom stereocenters. The molecule has 0 spiro atoms. The van der Waals surface area contributed by atoms with E-state index < -0.39 is 5.82 Å². The van der Waals surface area contributed by atoms with Crippen LogP contribution in [-0.2, 0) is 0 Å². The molecule has 3 aromatic rings. The van der Waals surface area contributed by atoms with Gasteiger partial charge in [-0.3, -0.25) is 0 Å². The van der Waals surface area contributed by atoms with Crippen molar-refractivity contribution in [2.24, 2.45) is 5.92 Å². The highest BCUT2D eigenvalue weighted by molar-refractivity contribution is 6.31. The number of rotatable bonds is 8. The Hall–Kier alpha value is -2.64.